The van der Waals surface area contributed by atoms with Gasteiger partial charge in [0, 0.05) is 37.9 Å². The van der Waals surface area contributed by atoms with Crippen LogP contribution in [-0.4, -0.2) is 51.2 Å². The zero-order valence-corrected chi connectivity index (χ0v) is 35.7. The Labute approximate surface area is 356 Å². The summed E-state index contributed by atoms with van der Waals surface area (Å²) in [6, 6.07) is 35.8. The summed E-state index contributed by atoms with van der Waals surface area (Å²) >= 11 is 10.5. The van der Waals surface area contributed by atoms with E-state index in [-0.39, 0.29) is 56.1 Å². The van der Waals surface area contributed by atoms with Crippen LogP contribution in [-0.2, 0) is 34.3 Å². The fraction of sp³-hybridized carbons (Fsp3) is 0.143. The van der Waals surface area contributed by atoms with Crippen LogP contribution in [0.4, 0.5) is 0 Å². The van der Waals surface area contributed by atoms with E-state index >= 15 is 0 Å². The Morgan fingerprint density at radius 2 is 0.800 bits per heavy atom. The molecule has 7 rings (SSSR count). The number of ether oxygens (including phenoxy) is 3. The van der Waals surface area contributed by atoms with Crippen molar-refractivity contribution in [3.05, 3.63) is 158 Å². The molecule has 0 radical (unpaired) electrons. The third kappa shape index (κ3) is 9.89. The van der Waals surface area contributed by atoms with Gasteiger partial charge in [0.25, 0.3) is 17.9 Å². The molecule has 0 atom stereocenters. The van der Waals surface area contributed by atoms with Crippen molar-refractivity contribution in [2.24, 2.45) is 0 Å². The minimum atomic E-state index is -0.757. The van der Waals surface area contributed by atoms with E-state index in [0.29, 0.717) is 47.2 Å². The molecule has 0 aliphatic heterocycles. The second kappa shape index (κ2) is 18.5. The van der Waals surface area contributed by atoms with Crippen LogP contribution in [0.5, 0.6) is 0 Å². The normalized spacial score (nSPS) is 16.3. The first-order valence-electron chi connectivity index (χ1n) is 16.7. The number of nitrogens with zero attached hydrogens (tertiary/aromatic N) is 3. The topological polar surface area (TPSA) is 118 Å². The molecule has 3 heterocycles. The fourth-order valence-electron chi connectivity index (χ4n) is 5.98. The second-order valence-electron chi connectivity index (χ2n) is 12.3. The summed E-state index contributed by atoms with van der Waals surface area (Å²) in [4.78, 5) is 53.6. The van der Waals surface area contributed by atoms with E-state index in [2.05, 4.69) is 80.9 Å². The summed E-state index contributed by atoms with van der Waals surface area (Å²) in [6.45, 7) is 0. The van der Waals surface area contributed by atoms with Gasteiger partial charge in [-0.15, -0.1) is 71.3 Å². The van der Waals surface area contributed by atoms with Crippen molar-refractivity contribution in [2.45, 2.75) is 37.6 Å². The Balaban J connectivity index is 0.00000514. The van der Waals surface area contributed by atoms with Crippen molar-refractivity contribution < 1.29 is 48.7 Å². The molecule has 6 aromatic rings. The maximum atomic E-state index is 13.5. The van der Waals surface area contributed by atoms with Crippen molar-refractivity contribution in [1.82, 2.24) is 15.0 Å². The van der Waals surface area contributed by atoms with Crippen LogP contribution in [0.25, 0.3) is 33.8 Å². The predicted molar refractivity (Wildman–Crippen MR) is 210 cm³/mol. The van der Waals surface area contributed by atoms with Gasteiger partial charge in [0.2, 0.25) is 0 Å². The summed E-state index contributed by atoms with van der Waals surface area (Å²) in [7, 11) is 0. The third-order valence-corrected chi connectivity index (χ3v) is 10.6. The van der Waals surface area contributed by atoms with E-state index in [1.807, 2.05) is 54.6 Å². The van der Waals surface area contributed by atoms with Gasteiger partial charge in [-0.05, 0) is 52.0 Å². The summed E-state index contributed by atoms with van der Waals surface area (Å²) in [5, 5.41) is 0. The quantitative estimate of drug-likeness (QED) is 0.0793. The van der Waals surface area contributed by atoms with Crippen LogP contribution in [0.3, 0.4) is 0 Å². The molecule has 0 amide bonds. The monoisotopic (exact) mass is 1100 g/mol. The molecule has 0 spiro atoms. The Morgan fingerprint density at radius 1 is 0.509 bits per heavy atom. The van der Waals surface area contributed by atoms with Crippen molar-refractivity contribution in [3.63, 3.8) is 0 Å². The molecule has 1 saturated carbocycles. The fourth-order valence-corrected chi connectivity index (χ4v) is 7.49. The van der Waals surface area contributed by atoms with Crippen molar-refractivity contribution >= 4 is 65.7 Å². The number of aromatic nitrogens is 3. The minimum Gasteiger partial charge on any atom is -0.465 e. The van der Waals surface area contributed by atoms with Gasteiger partial charge in [-0.3, -0.25) is 14.4 Å². The van der Waals surface area contributed by atoms with Crippen molar-refractivity contribution in [3.8, 4) is 33.8 Å². The largest absolute Gasteiger partial charge is 3.00 e. The molecule has 9 nitrogen and oxygen atoms in total. The molecule has 3 aromatic heterocycles. The van der Waals surface area contributed by atoms with E-state index in [1.54, 1.807) is 55.0 Å². The van der Waals surface area contributed by atoms with Gasteiger partial charge in [-0.2, -0.15) is 0 Å². The summed E-state index contributed by atoms with van der Waals surface area (Å²) in [5.74, 6) is -1.84. The number of halogens is 3. The number of benzene rings is 3. The SMILES string of the molecule is O=C(OC1CC(OC(=O)c2c[c-]c(-c3ccccn3)cc2Br)CC(OC(=O)c2c[c-]c(-c3ccccn3)cc2Br)C1)c1c[c-]c(-c2ccccn2)cc1Br.[Ir+3]. The van der Waals surface area contributed by atoms with Gasteiger partial charge in [-0.1, -0.05) is 97.6 Å². The number of hydrogen-bond donors (Lipinski definition) is 0. The molecule has 276 valence electrons. The Morgan fingerprint density at radius 3 is 1.04 bits per heavy atom. The molecule has 13 heteroatoms. The summed E-state index contributed by atoms with van der Waals surface area (Å²) in [6.07, 6.45) is 3.31. The van der Waals surface area contributed by atoms with Crippen LogP contribution in [0.15, 0.2) is 123 Å². The van der Waals surface area contributed by atoms with E-state index in [4.69, 9.17) is 14.2 Å². The number of pyridine rings is 3. The predicted octanol–water partition coefficient (Wildman–Crippen LogP) is 9.72. The Bertz CT molecular complexity index is 2050. The zero-order valence-electron chi connectivity index (χ0n) is 28.5. The molecule has 0 bridgehead atoms. The van der Waals surface area contributed by atoms with E-state index in [1.165, 1.54) is 0 Å². The minimum absolute atomic E-state index is 0. The average Bonchev–Trinajstić information content (AvgIpc) is 3.18. The maximum Gasteiger partial charge on any atom is 3.00 e. The van der Waals surface area contributed by atoms with Crippen LogP contribution in [0.1, 0.15) is 50.3 Å². The molecular weight excluding hydrogens is 1070 g/mol. The summed E-state index contributed by atoms with van der Waals surface area (Å²) < 4.78 is 19.4. The van der Waals surface area contributed by atoms with Gasteiger partial charge >= 0.3 is 20.1 Å². The number of carbonyl (C=O) groups is 3. The molecule has 0 N–H and O–H groups in total. The molecule has 1 aliphatic rings. The van der Waals surface area contributed by atoms with Crippen LogP contribution in [0.2, 0.25) is 0 Å². The number of hydrogen-bond acceptors (Lipinski definition) is 9. The number of rotatable bonds is 9. The third-order valence-electron chi connectivity index (χ3n) is 8.58. The smallest absolute Gasteiger partial charge is 0.465 e. The summed E-state index contributed by atoms with van der Waals surface area (Å²) in [5.41, 5.74) is 4.95. The van der Waals surface area contributed by atoms with E-state index in [0.717, 1.165) is 0 Å². The zero-order chi connectivity index (χ0) is 37.6. The van der Waals surface area contributed by atoms with Crippen LogP contribution < -0.4 is 0 Å². The Kier molecular flexibility index (Phi) is 13.5. The van der Waals surface area contributed by atoms with Gasteiger partial charge < -0.3 is 29.2 Å². The molecule has 55 heavy (non-hydrogen) atoms. The van der Waals surface area contributed by atoms with Gasteiger partial charge in [0.1, 0.15) is 18.3 Å². The van der Waals surface area contributed by atoms with Crippen LogP contribution in [0, 0.1) is 18.2 Å². The molecule has 0 saturated heterocycles. The Hall–Kier alpha value is -4.39. The first-order chi connectivity index (χ1) is 26.2. The maximum absolute atomic E-state index is 13.5. The number of esters is 3. The second-order valence-corrected chi connectivity index (χ2v) is 14.8. The standard InChI is InChI=1S/C42H27Br3N3O6.Ir/c43-34-19-25(37-7-1-4-16-46-37)10-13-31(34)40(49)52-28-22-29(53-41(50)32-14-11-26(20-35(32)44)38-8-2-5-17-47-38)24-30(23-28)54-42(51)33-15-12-27(21-36(33)45)39-9-3-6-18-48-39;/h1-9,13-21,28-30H,22-24H2;/q-3;+3. The van der Waals surface area contributed by atoms with Crippen LogP contribution >= 0.6 is 47.8 Å². The van der Waals surface area contributed by atoms with Gasteiger partial charge in [0.05, 0.1) is 0 Å². The first kappa shape index (κ1) is 40.3. The molecule has 1 aliphatic carbocycles. The van der Waals surface area contributed by atoms with E-state index < -0.39 is 36.2 Å². The molecule has 0 unspecified atom stereocenters. The average molecular weight is 1100 g/mol. The van der Waals surface area contributed by atoms with Crippen molar-refractivity contribution in [1.29, 1.82) is 0 Å². The molecule has 1 fully saturated rings. The van der Waals surface area contributed by atoms with Gasteiger partial charge in [0.15, 0.2) is 0 Å². The molecule has 3 aromatic carbocycles. The van der Waals surface area contributed by atoms with Crippen molar-refractivity contribution in [2.75, 3.05) is 0 Å². The van der Waals surface area contributed by atoms with Gasteiger partial charge in [-0.25, -0.2) is 0 Å². The molecular formula is C42H27Br3IrN3O6. The van der Waals surface area contributed by atoms with E-state index in [9.17, 15) is 14.4 Å². The number of carbonyl (C=O) groups excluding carboxylic acids is 3. The first-order valence-corrected chi connectivity index (χ1v) is 19.1.